The molecule has 1 heterocycles. The van der Waals surface area contributed by atoms with Gasteiger partial charge in [0.15, 0.2) is 5.54 Å². The summed E-state index contributed by atoms with van der Waals surface area (Å²) < 4.78 is 5.45. The van der Waals surface area contributed by atoms with Gasteiger partial charge in [-0.2, -0.15) is 11.8 Å². The van der Waals surface area contributed by atoms with Crippen LogP contribution in [0.2, 0.25) is 0 Å². The van der Waals surface area contributed by atoms with Crippen LogP contribution in [0.1, 0.15) is 23.5 Å². The van der Waals surface area contributed by atoms with Crippen molar-refractivity contribution >= 4 is 23.8 Å². The smallest absolute Gasteiger partial charge is 0.408 e. The molecule has 26 heavy (non-hydrogen) atoms. The van der Waals surface area contributed by atoms with E-state index in [2.05, 4.69) is 17.4 Å². The molecule has 134 valence electrons. The molecule has 2 N–H and O–H groups in total. The molecule has 1 atom stereocenters. The fraction of sp³-hybridized carbons (Fsp3) is 0.300. The molecular weight excluding hydrogens is 350 g/mol. The first-order valence-electron chi connectivity index (χ1n) is 8.55. The molecule has 1 aliphatic carbocycles. The van der Waals surface area contributed by atoms with Crippen LogP contribution in [0, 0.1) is 0 Å². The van der Waals surface area contributed by atoms with E-state index in [1.165, 1.54) is 11.8 Å². The lowest BCUT2D eigenvalue weighted by atomic mass is 9.98. The summed E-state index contributed by atoms with van der Waals surface area (Å²) in [5.41, 5.74) is 3.36. The molecule has 6 heteroatoms. The molecule has 0 saturated carbocycles. The fourth-order valence-corrected chi connectivity index (χ4v) is 5.04. The lowest BCUT2D eigenvalue weighted by Gasteiger charge is -2.24. The summed E-state index contributed by atoms with van der Waals surface area (Å²) in [5, 5.41) is 12.1. The van der Waals surface area contributed by atoms with E-state index in [9.17, 15) is 14.7 Å². The van der Waals surface area contributed by atoms with Gasteiger partial charge in [0.1, 0.15) is 6.61 Å². The Kier molecular flexibility index (Phi) is 4.36. The van der Waals surface area contributed by atoms with Crippen LogP contribution in [-0.2, 0) is 9.53 Å². The van der Waals surface area contributed by atoms with Crippen LogP contribution in [-0.4, -0.2) is 40.8 Å². The first kappa shape index (κ1) is 17.0. The number of fused-ring (bicyclic) bond motifs is 3. The topological polar surface area (TPSA) is 75.6 Å². The fourth-order valence-electron chi connectivity index (χ4n) is 3.72. The molecule has 1 unspecified atom stereocenters. The van der Waals surface area contributed by atoms with Gasteiger partial charge in [0, 0.05) is 11.7 Å². The largest absolute Gasteiger partial charge is 0.479 e. The highest BCUT2D eigenvalue weighted by molar-refractivity contribution is 7.99. The number of aliphatic carboxylic acids is 1. The molecule has 2 aromatic rings. The highest BCUT2D eigenvalue weighted by Crippen LogP contribution is 2.44. The van der Waals surface area contributed by atoms with Crippen LogP contribution in [0.3, 0.4) is 0 Å². The molecule has 4 rings (SSSR count). The summed E-state index contributed by atoms with van der Waals surface area (Å²) in [4.78, 5) is 23.8. The molecule has 5 nitrogen and oxygen atoms in total. The zero-order valence-electron chi connectivity index (χ0n) is 14.1. The number of alkyl carbamates (subject to hydrolysis) is 1. The Hall–Kier alpha value is -2.47. The van der Waals surface area contributed by atoms with Gasteiger partial charge in [-0.1, -0.05) is 48.5 Å². The average Bonchev–Trinajstić information content (AvgIpc) is 3.24. The SMILES string of the molecule is O=C(NC1(C(=O)O)CCSC1)OCC1c2ccccc2-c2ccccc21. The molecule has 1 amide bonds. The summed E-state index contributed by atoms with van der Waals surface area (Å²) in [5.74, 6) is 0.0468. The number of benzene rings is 2. The predicted molar refractivity (Wildman–Crippen MR) is 101 cm³/mol. The summed E-state index contributed by atoms with van der Waals surface area (Å²) in [6, 6.07) is 16.2. The third kappa shape index (κ3) is 2.84. The number of rotatable bonds is 4. The number of carbonyl (C=O) groups is 2. The second-order valence-corrected chi connectivity index (χ2v) is 7.75. The second-order valence-electron chi connectivity index (χ2n) is 6.64. The van der Waals surface area contributed by atoms with Crippen LogP contribution in [0.25, 0.3) is 11.1 Å². The maximum Gasteiger partial charge on any atom is 0.408 e. The van der Waals surface area contributed by atoms with Crippen LogP contribution in [0.4, 0.5) is 4.79 Å². The van der Waals surface area contributed by atoms with Gasteiger partial charge < -0.3 is 15.2 Å². The Morgan fingerprint density at radius 3 is 2.27 bits per heavy atom. The molecule has 0 radical (unpaired) electrons. The summed E-state index contributed by atoms with van der Waals surface area (Å²) >= 11 is 1.53. The van der Waals surface area contributed by atoms with Crippen molar-refractivity contribution in [1.82, 2.24) is 5.32 Å². The lowest BCUT2D eigenvalue weighted by molar-refractivity contribution is -0.143. The Bertz CT molecular complexity index is 815. The molecule has 0 aromatic heterocycles. The van der Waals surface area contributed by atoms with E-state index in [-0.39, 0.29) is 12.5 Å². The van der Waals surface area contributed by atoms with E-state index in [4.69, 9.17) is 4.74 Å². The number of amides is 1. The minimum atomic E-state index is -1.22. The first-order chi connectivity index (χ1) is 12.6. The molecular formula is C20H19NO4S. The van der Waals surface area contributed by atoms with E-state index in [0.29, 0.717) is 12.2 Å². The first-order valence-corrected chi connectivity index (χ1v) is 9.70. The van der Waals surface area contributed by atoms with E-state index in [0.717, 1.165) is 28.0 Å². The van der Waals surface area contributed by atoms with Gasteiger partial charge in [-0.3, -0.25) is 0 Å². The van der Waals surface area contributed by atoms with Gasteiger partial charge >= 0.3 is 12.1 Å². The maximum atomic E-state index is 12.3. The van der Waals surface area contributed by atoms with Gasteiger partial charge in [0.25, 0.3) is 0 Å². The Morgan fingerprint density at radius 2 is 1.73 bits per heavy atom. The zero-order chi connectivity index (χ0) is 18.1. The quantitative estimate of drug-likeness (QED) is 0.863. The van der Waals surface area contributed by atoms with Crippen molar-refractivity contribution in [2.45, 2.75) is 17.9 Å². The van der Waals surface area contributed by atoms with Gasteiger partial charge in [0.05, 0.1) is 0 Å². The van der Waals surface area contributed by atoms with Crippen molar-refractivity contribution in [2.24, 2.45) is 0 Å². The number of hydrogen-bond acceptors (Lipinski definition) is 4. The molecule has 0 bridgehead atoms. The van der Waals surface area contributed by atoms with E-state index < -0.39 is 17.6 Å². The molecule has 2 aromatic carbocycles. The third-order valence-electron chi connectivity index (χ3n) is 5.12. The van der Waals surface area contributed by atoms with Crippen molar-refractivity contribution in [1.29, 1.82) is 0 Å². The minimum absolute atomic E-state index is 0.0353. The Morgan fingerprint density at radius 1 is 1.12 bits per heavy atom. The zero-order valence-corrected chi connectivity index (χ0v) is 14.9. The van der Waals surface area contributed by atoms with Crippen molar-refractivity contribution in [3.05, 3.63) is 59.7 Å². The number of carboxylic acid groups (broad SMARTS) is 1. The summed E-state index contributed by atoms with van der Waals surface area (Å²) in [7, 11) is 0. The number of nitrogens with one attached hydrogen (secondary N) is 1. The van der Waals surface area contributed by atoms with Crippen molar-refractivity contribution in [3.63, 3.8) is 0 Å². The van der Waals surface area contributed by atoms with Crippen molar-refractivity contribution < 1.29 is 19.4 Å². The molecule has 1 saturated heterocycles. The Labute approximate surface area is 155 Å². The highest BCUT2D eigenvalue weighted by Gasteiger charge is 2.44. The van der Waals surface area contributed by atoms with Gasteiger partial charge in [-0.15, -0.1) is 0 Å². The van der Waals surface area contributed by atoms with E-state index >= 15 is 0 Å². The van der Waals surface area contributed by atoms with Crippen LogP contribution in [0.5, 0.6) is 0 Å². The molecule has 2 aliphatic rings. The number of hydrogen-bond donors (Lipinski definition) is 2. The van der Waals surface area contributed by atoms with Gasteiger partial charge in [-0.25, -0.2) is 9.59 Å². The van der Waals surface area contributed by atoms with Gasteiger partial charge in [0.2, 0.25) is 0 Å². The second kappa shape index (κ2) is 6.68. The molecule has 1 aliphatic heterocycles. The van der Waals surface area contributed by atoms with Gasteiger partial charge in [-0.05, 0) is 34.4 Å². The van der Waals surface area contributed by atoms with E-state index in [1.807, 2.05) is 36.4 Å². The number of carboxylic acids is 1. The molecule has 1 fully saturated rings. The summed E-state index contributed by atoms with van der Waals surface area (Å²) in [6.45, 7) is 0.183. The van der Waals surface area contributed by atoms with E-state index in [1.54, 1.807) is 0 Å². The molecule has 0 spiro atoms. The minimum Gasteiger partial charge on any atom is -0.479 e. The normalized spacial score (nSPS) is 21.1. The number of carbonyl (C=O) groups excluding carboxylic acids is 1. The highest BCUT2D eigenvalue weighted by atomic mass is 32.2. The maximum absolute atomic E-state index is 12.3. The standard InChI is InChI=1S/C20H19NO4S/c22-18(23)20(9-10-26-12-20)21-19(24)25-11-17-15-7-3-1-5-13(15)14-6-2-4-8-16(14)17/h1-8,17H,9-12H2,(H,21,24)(H,22,23). The Balaban J connectivity index is 1.50. The lowest BCUT2D eigenvalue weighted by Crippen LogP contribution is -2.55. The van der Waals surface area contributed by atoms with Crippen molar-refractivity contribution in [2.75, 3.05) is 18.1 Å². The van der Waals surface area contributed by atoms with Crippen LogP contribution >= 0.6 is 11.8 Å². The number of thioether (sulfide) groups is 1. The summed E-state index contributed by atoms with van der Waals surface area (Å²) in [6.07, 6.45) is -0.256. The van der Waals surface area contributed by atoms with Crippen LogP contribution in [0.15, 0.2) is 48.5 Å². The predicted octanol–water partition coefficient (Wildman–Crippen LogP) is 3.49. The average molecular weight is 369 g/mol. The number of ether oxygens (including phenoxy) is 1. The van der Waals surface area contributed by atoms with Crippen LogP contribution < -0.4 is 5.32 Å². The third-order valence-corrected chi connectivity index (χ3v) is 6.31. The van der Waals surface area contributed by atoms with Crippen molar-refractivity contribution in [3.8, 4) is 11.1 Å². The monoisotopic (exact) mass is 369 g/mol.